The van der Waals surface area contributed by atoms with Gasteiger partial charge in [0.25, 0.3) is 5.56 Å². The third-order valence-corrected chi connectivity index (χ3v) is 6.97. The van der Waals surface area contributed by atoms with Crippen LogP contribution in [0.5, 0.6) is 0 Å². The van der Waals surface area contributed by atoms with Crippen LogP contribution in [-0.2, 0) is 26.1 Å². The highest BCUT2D eigenvalue weighted by Gasteiger charge is 2.25. The van der Waals surface area contributed by atoms with Gasteiger partial charge in [-0.3, -0.25) is 19.7 Å². The lowest BCUT2D eigenvalue weighted by Crippen LogP contribution is -2.31. The Morgan fingerprint density at radius 2 is 1.73 bits per heavy atom. The van der Waals surface area contributed by atoms with Crippen LogP contribution in [0.3, 0.4) is 0 Å². The van der Waals surface area contributed by atoms with E-state index >= 15 is 0 Å². The number of allylic oxidation sites excluding steroid dienone is 1. The number of anilines is 1. The minimum atomic E-state index is 0.00359. The molecule has 2 aromatic carbocycles. The fourth-order valence-corrected chi connectivity index (χ4v) is 5.53. The molecular weight excluding hydrogens is 430 g/mol. The van der Waals surface area contributed by atoms with Gasteiger partial charge >= 0.3 is 0 Å². The number of hydrogen-bond acceptors (Lipinski definition) is 6. The standard InChI is InChI=1S/C26H27N5OS/c1-18(2)28-29-26-27-24-23(25(32)31(26)16-20-11-7-4-8-12-20)21-13-14-30(17-22(21)33-24)15-19-9-5-3-6-10-19/h3-12,28H,1,13-17H2,2H3,(H,27,29). The highest BCUT2D eigenvalue weighted by Crippen LogP contribution is 2.33. The average Bonchev–Trinajstić information content (AvgIpc) is 3.19. The summed E-state index contributed by atoms with van der Waals surface area (Å²) in [4.78, 5) is 23.1. The molecule has 0 spiro atoms. The monoisotopic (exact) mass is 457 g/mol. The van der Waals surface area contributed by atoms with Crippen LogP contribution in [0.2, 0.25) is 0 Å². The van der Waals surface area contributed by atoms with Crippen molar-refractivity contribution in [3.05, 3.63) is 105 Å². The molecule has 0 unspecified atom stereocenters. The summed E-state index contributed by atoms with van der Waals surface area (Å²) in [5.41, 5.74) is 10.4. The number of nitrogens with zero attached hydrogens (tertiary/aromatic N) is 3. The molecular formula is C26H27N5OS. The lowest BCUT2D eigenvalue weighted by Gasteiger charge is -2.26. The molecule has 0 fully saturated rings. The highest BCUT2D eigenvalue weighted by molar-refractivity contribution is 7.18. The van der Waals surface area contributed by atoms with Gasteiger partial charge in [0, 0.05) is 30.2 Å². The molecule has 0 saturated heterocycles. The molecule has 33 heavy (non-hydrogen) atoms. The van der Waals surface area contributed by atoms with Gasteiger partial charge in [0.05, 0.1) is 11.9 Å². The lowest BCUT2D eigenvalue weighted by molar-refractivity contribution is 0.249. The molecule has 2 aromatic heterocycles. The van der Waals surface area contributed by atoms with Crippen LogP contribution in [0.25, 0.3) is 10.2 Å². The van der Waals surface area contributed by atoms with Gasteiger partial charge in [0.15, 0.2) is 0 Å². The molecule has 0 amide bonds. The zero-order valence-corrected chi connectivity index (χ0v) is 19.5. The topological polar surface area (TPSA) is 62.2 Å². The van der Waals surface area contributed by atoms with Gasteiger partial charge in [-0.05, 0) is 30.0 Å². The normalized spacial score (nSPS) is 13.6. The first-order valence-corrected chi connectivity index (χ1v) is 11.9. The van der Waals surface area contributed by atoms with E-state index in [1.807, 2.05) is 43.3 Å². The fraction of sp³-hybridized carbons (Fsp3) is 0.231. The van der Waals surface area contributed by atoms with Gasteiger partial charge in [-0.1, -0.05) is 67.2 Å². The van der Waals surface area contributed by atoms with E-state index in [2.05, 4.69) is 46.6 Å². The summed E-state index contributed by atoms with van der Waals surface area (Å²) >= 11 is 1.64. The Morgan fingerprint density at radius 1 is 1.06 bits per heavy atom. The molecule has 5 rings (SSSR count). The summed E-state index contributed by atoms with van der Waals surface area (Å²) < 4.78 is 1.72. The Kier molecular flexibility index (Phi) is 5.98. The van der Waals surface area contributed by atoms with E-state index in [4.69, 9.17) is 4.98 Å². The Hall–Kier alpha value is -3.42. The Bertz CT molecular complexity index is 1340. The van der Waals surface area contributed by atoms with Gasteiger partial charge in [0.2, 0.25) is 5.95 Å². The van der Waals surface area contributed by atoms with Crippen molar-refractivity contribution in [3.8, 4) is 0 Å². The van der Waals surface area contributed by atoms with E-state index in [1.54, 1.807) is 15.9 Å². The second-order valence-electron chi connectivity index (χ2n) is 8.47. The minimum Gasteiger partial charge on any atom is -0.303 e. The van der Waals surface area contributed by atoms with E-state index < -0.39 is 0 Å². The van der Waals surface area contributed by atoms with E-state index in [1.165, 1.54) is 10.4 Å². The van der Waals surface area contributed by atoms with Crippen LogP contribution in [-0.4, -0.2) is 21.0 Å². The number of hydrazine groups is 1. The van der Waals surface area contributed by atoms with Gasteiger partial charge in [0.1, 0.15) is 4.83 Å². The first-order chi connectivity index (χ1) is 16.1. The number of benzene rings is 2. The van der Waals surface area contributed by atoms with E-state index in [0.29, 0.717) is 12.5 Å². The van der Waals surface area contributed by atoms with Crippen LogP contribution in [0, 0.1) is 0 Å². The number of thiophene rings is 1. The van der Waals surface area contributed by atoms with E-state index in [9.17, 15) is 4.79 Å². The molecule has 0 bridgehead atoms. The SMILES string of the molecule is C=C(C)NNc1nc2sc3c(c2c(=O)n1Cc1ccccc1)CCN(Cc1ccccc1)C3. The fourth-order valence-electron chi connectivity index (χ4n) is 4.28. The van der Waals surface area contributed by atoms with Gasteiger partial charge in [-0.25, -0.2) is 4.98 Å². The molecule has 1 aliphatic rings. The molecule has 0 saturated carbocycles. The first kappa shape index (κ1) is 21.4. The summed E-state index contributed by atoms with van der Waals surface area (Å²) in [6.45, 7) is 8.87. The van der Waals surface area contributed by atoms with Crippen molar-refractivity contribution in [2.24, 2.45) is 0 Å². The zero-order chi connectivity index (χ0) is 22.8. The van der Waals surface area contributed by atoms with E-state index in [0.717, 1.165) is 53.1 Å². The maximum atomic E-state index is 13.7. The molecule has 6 nitrogen and oxygen atoms in total. The van der Waals surface area contributed by atoms with Crippen LogP contribution in [0.4, 0.5) is 5.95 Å². The van der Waals surface area contributed by atoms with Gasteiger partial charge < -0.3 is 5.43 Å². The predicted molar refractivity (Wildman–Crippen MR) is 135 cm³/mol. The molecule has 3 heterocycles. The van der Waals surface area contributed by atoms with Crippen LogP contribution < -0.4 is 16.4 Å². The van der Waals surface area contributed by atoms with Crippen molar-refractivity contribution < 1.29 is 0 Å². The molecule has 0 aliphatic carbocycles. The molecule has 1 aliphatic heterocycles. The van der Waals surface area contributed by atoms with Crippen LogP contribution >= 0.6 is 11.3 Å². The van der Waals surface area contributed by atoms with Crippen molar-refractivity contribution in [2.75, 3.05) is 12.0 Å². The second kappa shape index (κ2) is 9.21. The number of nitrogens with one attached hydrogen (secondary N) is 2. The number of rotatable bonds is 7. The van der Waals surface area contributed by atoms with Crippen LogP contribution in [0.1, 0.15) is 28.5 Å². The highest BCUT2D eigenvalue weighted by atomic mass is 32.1. The Balaban J connectivity index is 1.52. The van der Waals surface area contributed by atoms with Gasteiger partial charge in [-0.2, -0.15) is 0 Å². The van der Waals surface area contributed by atoms with Crippen molar-refractivity contribution in [3.63, 3.8) is 0 Å². The third kappa shape index (κ3) is 4.55. The smallest absolute Gasteiger partial charge is 0.264 e. The van der Waals surface area contributed by atoms with Crippen molar-refractivity contribution in [2.45, 2.75) is 33.0 Å². The summed E-state index contributed by atoms with van der Waals surface area (Å²) in [5.74, 6) is 0.499. The molecule has 168 valence electrons. The van der Waals surface area contributed by atoms with Crippen molar-refractivity contribution >= 4 is 27.5 Å². The number of hydrogen-bond donors (Lipinski definition) is 2. The third-order valence-electron chi connectivity index (χ3n) is 5.86. The Morgan fingerprint density at radius 3 is 2.39 bits per heavy atom. The van der Waals surface area contributed by atoms with Gasteiger partial charge in [-0.15, -0.1) is 11.3 Å². The average molecular weight is 458 g/mol. The molecule has 0 radical (unpaired) electrons. The maximum Gasteiger partial charge on any atom is 0.264 e. The lowest BCUT2D eigenvalue weighted by atomic mass is 10.0. The minimum absolute atomic E-state index is 0.00359. The number of aromatic nitrogens is 2. The first-order valence-electron chi connectivity index (χ1n) is 11.1. The van der Waals surface area contributed by atoms with Crippen molar-refractivity contribution in [1.29, 1.82) is 0 Å². The van der Waals surface area contributed by atoms with Crippen LogP contribution in [0.15, 0.2) is 77.7 Å². The summed E-state index contributed by atoms with van der Waals surface area (Å²) in [7, 11) is 0. The quantitative estimate of drug-likeness (QED) is 0.400. The van der Waals surface area contributed by atoms with Crippen molar-refractivity contribution in [1.82, 2.24) is 19.9 Å². The largest absolute Gasteiger partial charge is 0.303 e. The summed E-state index contributed by atoms with van der Waals surface area (Å²) in [6, 6.07) is 20.5. The second-order valence-corrected chi connectivity index (χ2v) is 9.56. The zero-order valence-electron chi connectivity index (χ0n) is 18.7. The molecule has 2 N–H and O–H groups in total. The molecule has 0 atom stereocenters. The predicted octanol–water partition coefficient (Wildman–Crippen LogP) is 4.51. The number of fused-ring (bicyclic) bond motifs is 3. The van der Waals surface area contributed by atoms with E-state index in [-0.39, 0.29) is 5.56 Å². The molecule has 4 aromatic rings. The Labute approximate surface area is 197 Å². The summed E-state index contributed by atoms with van der Waals surface area (Å²) in [6.07, 6.45) is 0.862. The maximum absolute atomic E-state index is 13.7. The molecule has 7 heteroatoms. The summed E-state index contributed by atoms with van der Waals surface area (Å²) in [5, 5.41) is 0.770.